The van der Waals surface area contributed by atoms with Crippen molar-refractivity contribution in [2.75, 3.05) is 19.4 Å². The molecule has 1 atom stereocenters. The Labute approximate surface area is 195 Å². The van der Waals surface area contributed by atoms with Crippen LogP contribution >= 0.6 is 23.1 Å². The Balaban J connectivity index is 1.50. The molecule has 0 spiro atoms. The quantitative estimate of drug-likeness (QED) is 0.352. The SMILES string of the molecule is COc1ccccc1-n1c(SCC(=O)NCC(C)c2ccccc2)nnc1-c1cccs1. The highest BCUT2D eigenvalue weighted by molar-refractivity contribution is 7.99. The molecule has 164 valence electrons. The Morgan fingerprint density at radius 3 is 2.62 bits per heavy atom. The number of nitrogens with one attached hydrogen (secondary N) is 1. The summed E-state index contributed by atoms with van der Waals surface area (Å²) in [5, 5.41) is 14.5. The maximum atomic E-state index is 12.5. The van der Waals surface area contributed by atoms with Gasteiger partial charge in [-0.1, -0.05) is 67.2 Å². The average molecular weight is 465 g/mol. The molecule has 8 heteroatoms. The van der Waals surface area contributed by atoms with Crippen LogP contribution in [-0.2, 0) is 4.79 Å². The van der Waals surface area contributed by atoms with Crippen molar-refractivity contribution in [3.05, 3.63) is 77.7 Å². The minimum atomic E-state index is -0.0370. The smallest absolute Gasteiger partial charge is 0.230 e. The van der Waals surface area contributed by atoms with E-state index in [-0.39, 0.29) is 17.6 Å². The van der Waals surface area contributed by atoms with Crippen molar-refractivity contribution >= 4 is 29.0 Å². The Hall–Kier alpha value is -3.10. The van der Waals surface area contributed by atoms with E-state index in [1.165, 1.54) is 17.3 Å². The van der Waals surface area contributed by atoms with Crippen molar-refractivity contribution in [2.24, 2.45) is 0 Å². The zero-order valence-electron chi connectivity index (χ0n) is 17.9. The van der Waals surface area contributed by atoms with Gasteiger partial charge in [0, 0.05) is 6.54 Å². The third kappa shape index (κ3) is 5.03. The van der Waals surface area contributed by atoms with Gasteiger partial charge < -0.3 is 10.1 Å². The summed E-state index contributed by atoms with van der Waals surface area (Å²) in [6.07, 6.45) is 0. The molecule has 0 aliphatic heterocycles. The lowest BCUT2D eigenvalue weighted by atomic mass is 10.0. The molecule has 4 rings (SSSR count). The van der Waals surface area contributed by atoms with Gasteiger partial charge >= 0.3 is 0 Å². The number of hydrogen-bond acceptors (Lipinski definition) is 6. The Morgan fingerprint density at radius 2 is 1.88 bits per heavy atom. The van der Waals surface area contributed by atoms with Gasteiger partial charge in [-0.3, -0.25) is 9.36 Å². The first-order valence-corrected chi connectivity index (χ1v) is 12.1. The largest absolute Gasteiger partial charge is 0.495 e. The van der Waals surface area contributed by atoms with E-state index in [0.29, 0.717) is 17.5 Å². The third-order valence-electron chi connectivity index (χ3n) is 5.01. The first-order chi connectivity index (χ1) is 15.7. The van der Waals surface area contributed by atoms with Crippen LogP contribution in [0.1, 0.15) is 18.4 Å². The Kier molecular flexibility index (Phi) is 7.24. The van der Waals surface area contributed by atoms with E-state index in [1.54, 1.807) is 18.4 Å². The monoisotopic (exact) mass is 464 g/mol. The molecule has 1 N–H and O–H groups in total. The van der Waals surface area contributed by atoms with Crippen molar-refractivity contribution < 1.29 is 9.53 Å². The van der Waals surface area contributed by atoms with Crippen LogP contribution in [0, 0.1) is 0 Å². The Morgan fingerprint density at radius 1 is 1.09 bits per heavy atom. The van der Waals surface area contributed by atoms with Crippen LogP contribution in [0.4, 0.5) is 0 Å². The summed E-state index contributed by atoms with van der Waals surface area (Å²) >= 11 is 2.95. The lowest BCUT2D eigenvalue weighted by Crippen LogP contribution is -2.29. The second-order valence-corrected chi connectivity index (χ2v) is 9.09. The number of carbonyl (C=O) groups is 1. The van der Waals surface area contributed by atoms with Gasteiger partial charge in [0.2, 0.25) is 5.91 Å². The van der Waals surface area contributed by atoms with E-state index in [4.69, 9.17) is 4.74 Å². The van der Waals surface area contributed by atoms with E-state index in [0.717, 1.165) is 16.4 Å². The van der Waals surface area contributed by atoms with Gasteiger partial charge in [0.1, 0.15) is 5.75 Å². The number of methoxy groups -OCH3 is 1. The molecule has 6 nitrogen and oxygen atoms in total. The maximum Gasteiger partial charge on any atom is 0.230 e. The van der Waals surface area contributed by atoms with Crippen LogP contribution in [0.25, 0.3) is 16.4 Å². The Bertz CT molecular complexity index is 1160. The van der Waals surface area contributed by atoms with E-state index < -0.39 is 0 Å². The topological polar surface area (TPSA) is 69.0 Å². The lowest BCUT2D eigenvalue weighted by molar-refractivity contribution is -0.118. The number of rotatable bonds is 9. The van der Waals surface area contributed by atoms with Crippen LogP contribution in [0.5, 0.6) is 5.75 Å². The predicted molar refractivity (Wildman–Crippen MR) is 130 cm³/mol. The molecule has 0 aliphatic rings. The summed E-state index contributed by atoms with van der Waals surface area (Å²) in [4.78, 5) is 13.5. The summed E-state index contributed by atoms with van der Waals surface area (Å²) in [6, 6.07) is 21.9. The van der Waals surface area contributed by atoms with E-state index in [1.807, 2.05) is 64.5 Å². The van der Waals surface area contributed by atoms with E-state index in [2.05, 4.69) is 34.6 Å². The normalized spacial score (nSPS) is 11.8. The first-order valence-electron chi connectivity index (χ1n) is 10.2. The minimum absolute atomic E-state index is 0.0370. The molecule has 4 aromatic rings. The van der Waals surface area contributed by atoms with Gasteiger partial charge in [-0.15, -0.1) is 21.5 Å². The van der Waals surface area contributed by atoms with Crippen LogP contribution in [0.2, 0.25) is 0 Å². The fourth-order valence-electron chi connectivity index (χ4n) is 3.31. The molecule has 0 aliphatic carbocycles. The number of ether oxygens (including phenoxy) is 1. The fraction of sp³-hybridized carbons (Fsp3) is 0.208. The number of hydrogen-bond donors (Lipinski definition) is 1. The van der Waals surface area contributed by atoms with Crippen molar-refractivity contribution in [3.63, 3.8) is 0 Å². The molecular weight excluding hydrogens is 440 g/mol. The fourth-order valence-corrected chi connectivity index (χ4v) is 4.78. The summed E-state index contributed by atoms with van der Waals surface area (Å²) in [5.74, 6) is 1.90. The maximum absolute atomic E-state index is 12.5. The van der Waals surface area contributed by atoms with E-state index in [9.17, 15) is 4.79 Å². The third-order valence-corrected chi connectivity index (χ3v) is 6.80. The molecule has 0 bridgehead atoms. The number of carbonyl (C=O) groups excluding carboxylic acids is 1. The number of benzene rings is 2. The molecule has 1 unspecified atom stereocenters. The van der Waals surface area contributed by atoms with Gasteiger partial charge in [0.15, 0.2) is 11.0 Å². The number of para-hydroxylation sites is 2. The zero-order chi connectivity index (χ0) is 22.3. The van der Waals surface area contributed by atoms with Gasteiger partial charge in [-0.2, -0.15) is 0 Å². The molecule has 1 amide bonds. The van der Waals surface area contributed by atoms with Crippen LogP contribution in [0.3, 0.4) is 0 Å². The van der Waals surface area contributed by atoms with Gasteiger partial charge in [-0.05, 0) is 35.1 Å². The highest BCUT2D eigenvalue weighted by Crippen LogP contribution is 2.34. The molecule has 0 saturated carbocycles. The molecule has 2 aromatic heterocycles. The van der Waals surface area contributed by atoms with Crippen LogP contribution in [-0.4, -0.2) is 40.1 Å². The van der Waals surface area contributed by atoms with Crippen molar-refractivity contribution in [2.45, 2.75) is 18.0 Å². The van der Waals surface area contributed by atoms with Crippen molar-refractivity contribution in [1.82, 2.24) is 20.1 Å². The average Bonchev–Trinajstić information content (AvgIpc) is 3.51. The number of thiophene rings is 1. The van der Waals surface area contributed by atoms with Gasteiger partial charge in [0.25, 0.3) is 0 Å². The molecular formula is C24H24N4O2S2. The highest BCUT2D eigenvalue weighted by atomic mass is 32.2. The molecule has 0 radical (unpaired) electrons. The number of nitrogens with zero attached hydrogens (tertiary/aromatic N) is 3. The van der Waals surface area contributed by atoms with Gasteiger partial charge in [0.05, 0.1) is 23.4 Å². The second-order valence-electron chi connectivity index (χ2n) is 7.20. The predicted octanol–water partition coefficient (Wildman–Crippen LogP) is 5.02. The number of aromatic nitrogens is 3. The zero-order valence-corrected chi connectivity index (χ0v) is 19.5. The van der Waals surface area contributed by atoms with Gasteiger partial charge in [-0.25, -0.2) is 0 Å². The number of amides is 1. The standard InChI is InChI=1S/C24H24N4O2S2/c1-17(18-9-4-3-5-10-18)15-25-22(29)16-32-24-27-26-23(21-13-8-14-31-21)28(24)19-11-6-7-12-20(19)30-2/h3-14,17H,15-16H2,1-2H3,(H,25,29). The van der Waals surface area contributed by atoms with Crippen molar-refractivity contribution in [1.29, 1.82) is 0 Å². The second kappa shape index (κ2) is 10.5. The van der Waals surface area contributed by atoms with Crippen molar-refractivity contribution in [3.8, 4) is 22.1 Å². The summed E-state index contributed by atoms with van der Waals surface area (Å²) in [6.45, 7) is 2.69. The summed E-state index contributed by atoms with van der Waals surface area (Å²) < 4.78 is 7.52. The number of thioether (sulfide) groups is 1. The lowest BCUT2D eigenvalue weighted by Gasteiger charge is -2.14. The van der Waals surface area contributed by atoms with Crippen LogP contribution in [0.15, 0.2) is 77.3 Å². The van der Waals surface area contributed by atoms with E-state index >= 15 is 0 Å². The molecule has 0 saturated heterocycles. The summed E-state index contributed by atoms with van der Waals surface area (Å²) in [7, 11) is 1.64. The summed E-state index contributed by atoms with van der Waals surface area (Å²) in [5.41, 5.74) is 2.04. The molecule has 32 heavy (non-hydrogen) atoms. The highest BCUT2D eigenvalue weighted by Gasteiger charge is 2.20. The minimum Gasteiger partial charge on any atom is -0.495 e. The molecule has 2 aromatic carbocycles. The molecule has 2 heterocycles. The molecule has 0 fully saturated rings. The first kappa shape index (κ1) is 22.1. The van der Waals surface area contributed by atoms with Crippen LogP contribution < -0.4 is 10.1 Å².